The molecule has 2 saturated heterocycles. The fourth-order valence-electron chi connectivity index (χ4n) is 10.4. The molecule has 0 aliphatic carbocycles. The maximum atomic E-state index is 13.9. The molecule has 6 aromatic rings. The Bertz CT molecular complexity index is 3630. The van der Waals surface area contributed by atoms with Gasteiger partial charge in [-0.1, -0.05) is 80.7 Å². The Hall–Kier alpha value is -7.23. The summed E-state index contributed by atoms with van der Waals surface area (Å²) in [6, 6.07) is 5.51. The first-order valence-electron chi connectivity index (χ1n) is 27.6. The fourth-order valence-corrected chi connectivity index (χ4v) is 15.6. The highest BCUT2D eigenvalue weighted by molar-refractivity contribution is 7.19. The molecular formula is C60H72N8O12S2Si2. The van der Waals surface area contributed by atoms with Gasteiger partial charge in [-0.3, -0.25) is 52.4 Å². The summed E-state index contributed by atoms with van der Waals surface area (Å²) in [4.78, 5) is 127. The van der Waals surface area contributed by atoms with Crippen LogP contribution in [0.5, 0.6) is 0 Å². The van der Waals surface area contributed by atoms with Crippen molar-refractivity contribution in [3.8, 4) is 0 Å². The van der Waals surface area contributed by atoms with Crippen molar-refractivity contribution in [3.05, 3.63) is 137 Å². The molecule has 0 radical (unpaired) electrons. The molecule has 9 heterocycles. The second kappa shape index (κ2) is 24.0. The van der Waals surface area contributed by atoms with E-state index in [1.54, 1.807) is 76.7 Å². The van der Waals surface area contributed by atoms with E-state index in [0.717, 1.165) is 26.7 Å². The van der Waals surface area contributed by atoms with Gasteiger partial charge < -0.3 is 23.2 Å². The van der Waals surface area contributed by atoms with E-state index in [0.29, 0.717) is 31.4 Å². The van der Waals surface area contributed by atoms with Crippen molar-refractivity contribution in [1.29, 1.82) is 0 Å². The molecule has 3 amide bonds. The number of amides is 3. The second-order valence-electron chi connectivity index (χ2n) is 24.3. The van der Waals surface area contributed by atoms with Crippen molar-refractivity contribution in [3.63, 3.8) is 0 Å². The van der Waals surface area contributed by atoms with Crippen molar-refractivity contribution >= 4 is 102 Å². The molecule has 0 aromatic carbocycles. The molecule has 8 atom stereocenters. The van der Waals surface area contributed by atoms with Gasteiger partial charge in [0.2, 0.25) is 23.4 Å². The molecule has 0 N–H and O–H groups in total. The second-order valence-corrected chi connectivity index (χ2v) is 35.9. The summed E-state index contributed by atoms with van der Waals surface area (Å²) in [6.45, 7) is 35.5. The molecule has 0 saturated carbocycles. The van der Waals surface area contributed by atoms with E-state index in [1.165, 1.54) is 42.2 Å². The minimum atomic E-state index is -2.33. The Morgan fingerprint density at radius 1 is 0.714 bits per heavy atom. The molecule has 0 spiro atoms. The molecule has 20 nitrogen and oxygen atoms in total. The first-order valence-corrected chi connectivity index (χ1v) is 35.1. The number of fused-ring (bicyclic) bond motifs is 3. The number of imide groups is 1. The van der Waals surface area contributed by atoms with E-state index in [1.807, 2.05) is 20.0 Å². The number of aromatic nitrogens is 6. The van der Waals surface area contributed by atoms with Gasteiger partial charge in [0.25, 0.3) is 0 Å². The average Bonchev–Trinajstić information content (AvgIpc) is 1.61. The highest BCUT2D eigenvalue weighted by Crippen LogP contribution is 2.53. The number of esters is 2. The summed E-state index contributed by atoms with van der Waals surface area (Å²) in [5.41, 5.74) is 2.28. The lowest BCUT2D eigenvalue weighted by molar-refractivity contribution is -0.181. The van der Waals surface area contributed by atoms with E-state index in [4.69, 9.17) is 18.3 Å². The molecule has 2 fully saturated rings. The molecule has 3 aliphatic heterocycles. The molecule has 0 unspecified atom stereocenters. The number of ether oxygens (including phenoxy) is 2. The van der Waals surface area contributed by atoms with E-state index in [9.17, 15) is 38.4 Å². The third-order valence-electron chi connectivity index (χ3n) is 16.8. The summed E-state index contributed by atoms with van der Waals surface area (Å²) >= 11 is 2.45. The quantitative estimate of drug-likeness (QED) is 0.0183. The maximum Gasteiger partial charge on any atom is 0.397 e. The molecule has 3 aliphatic rings. The third-order valence-corrected chi connectivity index (χ3v) is 28.2. The zero-order chi connectivity index (χ0) is 61.7. The number of β-lactam (4-membered cyclic amide) rings is 2. The molecule has 0 bridgehead atoms. The zero-order valence-corrected chi connectivity index (χ0v) is 53.5. The van der Waals surface area contributed by atoms with Gasteiger partial charge in [-0.2, -0.15) is 0 Å². The van der Waals surface area contributed by atoms with Crippen LogP contribution in [0.2, 0.25) is 36.3 Å². The highest BCUT2D eigenvalue weighted by atomic mass is 32.1. The van der Waals surface area contributed by atoms with Crippen molar-refractivity contribution in [2.75, 3.05) is 13.2 Å². The first-order chi connectivity index (χ1) is 39.4. The van der Waals surface area contributed by atoms with Crippen LogP contribution in [0.15, 0.2) is 105 Å². The number of nitrogens with zero attached hydrogens (tertiary/aromatic N) is 8. The number of carbonyl (C=O) groups excluding carboxylic acids is 8. The molecule has 444 valence electrons. The van der Waals surface area contributed by atoms with Gasteiger partial charge in [0.1, 0.15) is 52.6 Å². The fraction of sp³-hybridized carbons (Fsp3) is 0.433. The third kappa shape index (κ3) is 11.7. The number of hydrogen-bond donors (Lipinski definition) is 0. The molecular weight excluding hydrogens is 1150 g/mol. The summed E-state index contributed by atoms with van der Waals surface area (Å²) < 4.78 is 26.9. The predicted octanol–water partition coefficient (Wildman–Crippen LogP) is 9.68. The lowest BCUT2D eigenvalue weighted by Gasteiger charge is -2.51. The van der Waals surface area contributed by atoms with Gasteiger partial charge in [0.15, 0.2) is 22.4 Å². The van der Waals surface area contributed by atoms with Crippen molar-refractivity contribution in [2.24, 2.45) is 23.7 Å². The normalized spacial score (nSPS) is 20.0. The van der Waals surface area contributed by atoms with Crippen molar-refractivity contribution in [2.45, 2.75) is 130 Å². The van der Waals surface area contributed by atoms with Crippen LogP contribution >= 0.6 is 22.7 Å². The van der Waals surface area contributed by atoms with E-state index < -0.39 is 64.4 Å². The predicted molar refractivity (Wildman–Crippen MR) is 322 cm³/mol. The lowest BCUT2D eigenvalue weighted by Crippen LogP contribution is -2.71. The minimum Gasteiger partial charge on any atom is -0.457 e. The number of likely N-dealkylation sites (tertiary alicyclic amines) is 1. The van der Waals surface area contributed by atoms with Crippen LogP contribution in [0.4, 0.5) is 0 Å². The Morgan fingerprint density at radius 2 is 1.21 bits per heavy atom. The number of hydrogen-bond acceptors (Lipinski definition) is 18. The Labute approximate surface area is 498 Å². The Kier molecular flexibility index (Phi) is 18.0. The standard InChI is InChI=1S/C30H36N4O7SSi.C30H36N4O5SSi/c1-9-13-40-29(39)27(38)34-23(21(26(34)37)18(3)41-43(7,8)30(4,5)6)17(2)24(35)20-15-33-16-32-22(28(33)42-20)25(36)19-11-10-12-31-14-19;1-9-13-38-29(37)25-21(17(2)24-22(27(36)34(24)25)18(3)39-41(7,8)30(4,5)6)20-15-33-16-32-23(28(33)40-20)26(35)19-11-10-12-31-14-19/h9-12,14-18,21,23H,1,13H2,2-8H3;9-12,14-18,22,24H,1,13H2,2-8H3/t17-,18-,21-,23-;17-,18+,22+,24+/m10/s1. The summed E-state index contributed by atoms with van der Waals surface area (Å²) in [5.74, 6) is -6.83. The number of ketones is 3. The number of rotatable bonds is 19. The van der Waals surface area contributed by atoms with Gasteiger partial charge in [-0.05, 0) is 74.4 Å². The van der Waals surface area contributed by atoms with Crippen LogP contribution in [0, 0.1) is 23.7 Å². The number of pyridine rings is 2. The van der Waals surface area contributed by atoms with E-state index in [-0.39, 0.29) is 81.9 Å². The molecule has 24 heteroatoms. The monoisotopic (exact) mass is 1220 g/mol. The van der Waals surface area contributed by atoms with Crippen LogP contribution in [-0.4, -0.2) is 140 Å². The van der Waals surface area contributed by atoms with Crippen LogP contribution < -0.4 is 0 Å². The number of Topliss-reactive ketones (excluding diaryl/α,β-unsaturated/α-hetero) is 1. The Balaban J connectivity index is 0.000000219. The van der Waals surface area contributed by atoms with E-state index >= 15 is 0 Å². The van der Waals surface area contributed by atoms with Crippen LogP contribution in [-0.2, 0) is 42.3 Å². The van der Waals surface area contributed by atoms with Crippen molar-refractivity contribution < 1.29 is 56.7 Å². The van der Waals surface area contributed by atoms with Crippen LogP contribution in [0.3, 0.4) is 0 Å². The van der Waals surface area contributed by atoms with Gasteiger partial charge in [-0.15, -0.1) is 22.7 Å². The largest absolute Gasteiger partial charge is 0.457 e. The van der Waals surface area contributed by atoms with E-state index in [2.05, 4.69) is 101 Å². The number of thiazole rings is 2. The summed E-state index contributed by atoms with van der Waals surface area (Å²) in [7, 11) is -4.47. The topological polar surface area (TPSA) is 240 Å². The number of imidazole rings is 2. The Morgan fingerprint density at radius 3 is 1.71 bits per heavy atom. The van der Waals surface area contributed by atoms with Gasteiger partial charge >= 0.3 is 17.8 Å². The van der Waals surface area contributed by atoms with Crippen LogP contribution in [0.25, 0.3) is 15.2 Å². The first kappa shape index (κ1) is 62.8. The highest BCUT2D eigenvalue weighted by Gasteiger charge is 2.62. The SMILES string of the molecule is C=CCOC(=O)C(=O)N1C(=O)[C@H]([C@@H](C)O[Si](C)(C)C(C)(C)C)[C@H]1[C@@H](C)C(=O)c1cn2cnc(C(=O)c3cccnc3)c2s1.C=CCOC(=O)C1=C(c2cn3cnc(C(=O)c4cccnc4)c3s2)[C@H](C)[C@@H]2[C@@H]([C@@H](C)O[Si](C)(C)C(C)(C)C)C(=O)N12. The minimum absolute atomic E-state index is 0.00411. The smallest absolute Gasteiger partial charge is 0.397 e. The number of carbonyl (C=O) groups is 8. The zero-order valence-electron chi connectivity index (χ0n) is 49.8. The molecule has 9 rings (SSSR count). The maximum absolute atomic E-state index is 13.9. The van der Waals surface area contributed by atoms with Gasteiger partial charge in [0.05, 0.1) is 45.9 Å². The molecule has 6 aromatic heterocycles. The van der Waals surface area contributed by atoms with Gasteiger partial charge in [-0.25, -0.2) is 19.6 Å². The summed E-state index contributed by atoms with van der Waals surface area (Å²) in [6.07, 6.45) is 14.5. The average molecular weight is 1220 g/mol. The lowest BCUT2D eigenvalue weighted by atomic mass is 9.75. The summed E-state index contributed by atoms with van der Waals surface area (Å²) in [5, 5.41) is -0.150. The van der Waals surface area contributed by atoms with Gasteiger partial charge in [0, 0.05) is 65.7 Å². The molecule has 84 heavy (non-hydrogen) atoms. The van der Waals surface area contributed by atoms with Crippen LogP contribution in [0.1, 0.15) is 116 Å². The van der Waals surface area contributed by atoms with Crippen molar-refractivity contribution in [1.82, 2.24) is 38.5 Å².